The molecule has 1 saturated heterocycles. The fraction of sp³-hybridized carbons (Fsp3) is 0.909. The van der Waals surface area contributed by atoms with E-state index < -0.39 is 0 Å². The topological polar surface area (TPSA) is 46.3 Å². The molecule has 1 atom stereocenters. The fourth-order valence-corrected chi connectivity index (χ4v) is 2.05. The van der Waals surface area contributed by atoms with E-state index in [2.05, 4.69) is 11.9 Å². The quantitative estimate of drug-likeness (QED) is 0.733. The minimum absolute atomic E-state index is 0.212. The summed E-state index contributed by atoms with van der Waals surface area (Å²) >= 11 is 0. The summed E-state index contributed by atoms with van der Waals surface area (Å²) in [5.41, 5.74) is 5.83. The third-order valence-corrected chi connectivity index (χ3v) is 3.19. The molecule has 2 N–H and O–H groups in total. The van der Waals surface area contributed by atoms with E-state index in [0.29, 0.717) is 12.3 Å². The molecule has 0 saturated carbocycles. The molecule has 1 rings (SSSR count). The zero-order valence-electron chi connectivity index (χ0n) is 9.33. The average Bonchev–Trinajstić information content (AvgIpc) is 2.20. The first-order valence-electron chi connectivity index (χ1n) is 5.60. The lowest BCUT2D eigenvalue weighted by atomic mass is 9.89. The first kappa shape index (κ1) is 11.7. The molecule has 0 spiro atoms. The SMILES string of the molecule is CCC(=O)C(N)CC1CCN(C)CC1. The van der Waals surface area contributed by atoms with Crippen molar-refractivity contribution in [2.75, 3.05) is 20.1 Å². The third kappa shape index (κ3) is 3.39. The smallest absolute Gasteiger partial charge is 0.149 e. The molecule has 0 radical (unpaired) electrons. The number of carbonyl (C=O) groups excluding carboxylic acids is 1. The zero-order valence-corrected chi connectivity index (χ0v) is 9.33. The number of ketones is 1. The van der Waals surface area contributed by atoms with Crippen LogP contribution in [0.15, 0.2) is 0 Å². The fourth-order valence-electron chi connectivity index (χ4n) is 2.05. The molecule has 0 aromatic heterocycles. The molecule has 0 aliphatic carbocycles. The number of hydrogen-bond acceptors (Lipinski definition) is 3. The van der Waals surface area contributed by atoms with Crippen LogP contribution in [-0.4, -0.2) is 36.9 Å². The summed E-state index contributed by atoms with van der Waals surface area (Å²) < 4.78 is 0. The maximum atomic E-state index is 11.3. The van der Waals surface area contributed by atoms with Crippen LogP contribution in [-0.2, 0) is 4.79 Å². The highest BCUT2D eigenvalue weighted by Gasteiger charge is 2.21. The Morgan fingerprint density at radius 2 is 2.07 bits per heavy atom. The molecular formula is C11H22N2O. The van der Waals surface area contributed by atoms with Gasteiger partial charge in [0.15, 0.2) is 0 Å². The van der Waals surface area contributed by atoms with Gasteiger partial charge in [0.2, 0.25) is 0 Å². The minimum atomic E-state index is -0.214. The van der Waals surface area contributed by atoms with Crippen molar-refractivity contribution in [2.45, 2.75) is 38.6 Å². The predicted molar refractivity (Wildman–Crippen MR) is 58.1 cm³/mol. The van der Waals surface area contributed by atoms with E-state index in [1.54, 1.807) is 0 Å². The molecule has 0 bridgehead atoms. The Hall–Kier alpha value is -0.410. The van der Waals surface area contributed by atoms with Crippen molar-refractivity contribution in [1.29, 1.82) is 0 Å². The van der Waals surface area contributed by atoms with Gasteiger partial charge in [-0.1, -0.05) is 6.92 Å². The Morgan fingerprint density at radius 1 is 1.50 bits per heavy atom. The van der Waals surface area contributed by atoms with Crippen molar-refractivity contribution < 1.29 is 4.79 Å². The average molecular weight is 198 g/mol. The van der Waals surface area contributed by atoms with Gasteiger partial charge in [0, 0.05) is 6.42 Å². The van der Waals surface area contributed by atoms with Crippen LogP contribution in [0, 0.1) is 5.92 Å². The number of likely N-dealkylation sites (tertiary alicyclic amines) is 1. The number of piperidine rings is 1. The molecule has 1 fully saturated rings. The van der Waals surface area contributed by atoms with Crippen LogP contribution in [0.5, 0.6) is 0 Å². The van der Waals surface area contributed by atoms with Crippen molar-refractivity contribution in [2.24, 2.45) is 11.7 Å². The van der Waals surface area contributed by atoms with Crippen LogP contribution < -0.4 is 5.73 Å². The van der Waals surface area contributed by atoms with Crippen LogP contribution in [0.25, 0.3) is 0 Å². The Kier molecular flexibility index (Phi) is 4.55. The van der Waals surface area contributed by atoms with E-state index in [1.807, 2.05) is 6.92 Å². The number of rotatable bonds is 4. The van der Waals surface area contributed by atoms with E-state index in [4.69, 9.17) is 5.73 Å². The lowest BCUT2D eigenvalue weighted by molar-refractivity contribution is -0.120. The van der Waals surface area contributed by atoms with Gasteiger partial charge in [-0.25, -0.2) is 0 Å². The summed E-state index contributed by atoms with van der Waals surface area (Å²) in [6.45, 7) is 4.19. The Labute approximate surface area is 86.6 Å². The lowest BCUT2D eigenvalue weighted by Gasteiger charge is -2.30. The molecule has 0 aromatic carbocycles. The number of Topliss-reactive ketones (excluding diaryl/α,β-unsaturated/α-hetero) is 1. The van der Waals surface area contributed by atoms with Crippen LogP contribution in [0.4, 0.5) is 0 Å². The highest BCUT2D eigenvalue weighted by atomic mass is 16.1. The summed E-state index contributed by atoms with van der Waals surface area (Å²) in [5, 5.41) is 0. The van der Waals surface area contributed by atoms with Crippen molar-refractivity contribution >= 4 is 5.78 Å². The van der Waals surface area contributed by atoms with Gasteiger partial charge < -0.3 is 10.6 Å². The summed E-state index contributed by atoms with van der Waals surface area (Å²) in [6, 6.07) is -0.214. The standard InChI is InChI=1S/C11H22N2O/c1-3-11(14)10(12)8-9-4-6-13(2)7-5-9/h9-10H,3-8,12H2,1-2H3. The Morgan fingerprint density at radius 3 is 2.57 bits per heavy atom. The maximum absolute atomic E-state index is 11.3. The number of hydrogen-bond donors (Lipinski definition) is 1. The van der Waals surface area contributed by atoms with E-state index in [1.165, 1.54) is 12.8 Å². The first-order chi connectivity index (χ1) is 6.63. The molecule has 3 heteroatoms. The van der Waals surface area contributed by atoms with E-state index in [0.717, 1.165) is 19.5 Å². The molecule has 0 aromatic rings. The number of nitrogens with zero attached hydrogens (tertiary/aromatic N) is 1. The molecule has 3 nitrogen and oxygen atoms in total. The zero-order chi connectivity index (χ0) is 10.6. The van der Waals surface area contributed by atoms with Crippen molar-refractivity contribution in [3.8, 4) is 0 Å². The van der Waals surface area contributed by atoms with Gasteiger partial charge in [0.05, 0.1) is 6.04 Å². The van der Waals surface area contributed by atoms with Crippen LogP contribution in [0.3, 0.4) is 0 Å². The van der Waals surface area contributed by atoms with Gasteiger partial charge in [-0.15, -0.1) is 0 Å². The highest BCUT2D eigenvalue weighted by molar-refractivity contribution is 5.83. The van der Waals surface area contributed by atoms with Crippen molar-refractivity contribution in [3.05, 3.63) is 0 Å². The predicted octanol–water partition coefficient (Wildman–Crippen LogP) is 1.02. The second-order valence-electron chi connectivity index (χ2n) is 4.41. The molecule has 1 heterocycles. The van der Waals surface area contributed by atoms with E-state index in [9.17, 15) is 4.79 Å². The van der Waals surface area contributed by atoms with Crippen molar-refractivity contribution in [3.63, 3.8) is 0 Å². The highest BCUT2D eigenvalue weighted by Crippen LogP contribution is 2.20. The first-order valence-corrected chi connectivity index (χ1v) is 5.60. The minimum Gasteiger partial charge on any atom is -0.322 e. The molecule has 1 aliphatic heterocycles. The number of carbonyl (C=O) groups is 1. The molecule has 14 heavy (non-hydrogen) atoms. The molecule has 1 unspecified atom stereocenters. The second-order valence-corrected chi connectivity index (χ2v) is 4.41. The monoisotopic (exact) mass is 198 g/mol. The number of nitrogens with two attached hydrogens (primary N) is 1. The second kappa shape index (κ2) is 5.47. The van der Waals surface area contributed by atoms with Gasteiger partial charge in [-0.05, 0) is 45.3 Å². The Balaban J connectivity index is 2.27. The van der Waals surface area contributed by atoms with Crippen LogP contribution in [0.1, 0.15) is 32.6 Å². The van der Waals surface area contributed by atoms with E-state index in [-0.39, 0.29) is 11.8 Å². The lowest BCUT2D eigenvalue weighted by Crippen LogP contribution is -2.36. The van der Waals surface area contributed by atoms with Gasteiger partial charge >= 0.3 is 0 Å². The van der Waals surface area contributed by atoms with Gasteiger partial charge in [-0.3, -0.25) is 4.79 Å². The largest absolute Gasteiger partial charge is 0.322 e. The van der Waals surface area contributed by atoms with Gasteiger partial charge in [0.1, 0.15) is 5.78 Å². The van der Waals surface area contributed by atoms with E-state index >= 15 is 0 Å². The van der Waals surface area contributed by atoms with Crippen LogP contribution >= 0.6 is 0 Å². The third-order valence-electron chi connectivity index (χ3n) is 3.19. The molecular weight excluding hydrogens is 176 g/mol. The molecule has 0 amide bonds. The normalized spacial score (nSPS) is 22.2. The van der Waals surface area contributed by atoms with Crippen LogP contribution in [0.2, 0.25) is 0 Å². The summed E-state index contributed by atoms with van der Waals surface area (Å²) in [5.74, 6) is 0.876. The summed E-state index contributed by atoms with van der Waals surface area (Å²) in [4.78, 5) is 13.7. The van der Waals surface area contributed by atoms with Gasteiger partial charge in [-0.2, -0.15) is 0 Å². The Bertz CT molecular complexity index is 186. The van der Waals surface area contributed by atoms with Gasteiger partial charge in [0.25, 0.3) is 0 Å². The van der Waals surface area contributed by atoms with Crippen molar-refractivity contribution in [1.82, 2.24) is 4.90 Å². The maximum Gasteiger partial charge on any atom is 0.149 e. The molecule has 82 valence electrons. The molecule has 1 aliphatic rings. The summed E-state index contributed by atoms with van der Waals surface area (Å²) in [6.07, 6.45) is 3.86. The summed E-state index contributed by atoms with van der Waals surface area (Å²) in [7, 11) is 2.15.